The molecule has 1 unspecified atom stereocenters. The molecule has 0 aliphatic rings. The van der Waals surface area contributed by atoms with Gasteiger partial charge in [-0.25, -0.2) is 4.79 Å². The first-order valence-corrected chi connectivity index (χ1v) is 10.6. The van der Waals surface area contributed by atoms with Crippen molar-refractivity contribution < 1.29 is 14.7 Å². The van der Waals surface area contributed by atoms with Gasteiger partial charge in [0.1, 0.15) is 6.04 Å². The number of unbranched alkanes of at least 4 members (excludes halogenated alkanes) is 7. The molecule has 2 N–H and O–H groups in total. The summed E-state index contributed by atoms with van der Waals surface area (Å²) < 4.78 is 0. The second-order valence-corrected chi connectivity index (χ2v) is 7.57. The number of hydrogen-bond donors (Lipinski definition) is 2. The van der Waals surface area contributed by atoms with E-state index in [1.807, 2.05) is 42.5 Å². The number of carboxylic acids is 1. The first-order chi connectivity index (χ1) is 13.6. The fraction of sp³-hybridized carbons (Fsp3) is 0.500. The Labute approximate surface area is 168 Å². The number of benzene rings is 2. The molecule has 28 heavy (non-hydrogen) atoms. The third-order valence-corrected chi connectivity index (χ3v) is 5.14. The summed E-state index contributed by atoms with van der Waals surface area (Å²) in [4.78, 5) is 23.7. The zero-order valence-corrected chi connectivity index (χ0v) is 17.0. The van der Waals surface area contributed by atoms with Crippen molar-refractivity contribution in [1.82, 2.24) is 5.32 Å². The molecule has 2 rings (SSSR count). The first kappa shape index (κ1) is 21.9. The smallest absolute Gasteiger partial charge is 0.326 e. The van der Waals surface area contributed by atoms with E-state index in [0.717, 1.165) is 35.6 Å². The minimum Gasteiger partial charge on any atom is -0.480 e. The highest BCUT2D eigenvalue weighted by Crippen LogP contribution is 2.17. The molecule has 0 aliphatic heterocycles. The Balaban J connectivity index is 1.75. The normalized spacial score (nSPS) is 12.0. The van der Waals surface area contributed by atoms with Gasteiger partial charge in [0, 0.05) is 12.8 Å². The van der Waals surface area contributed by atoms with Crippen molar-refractivity contribution in [2.75, 3.05) is 0 Å². The number of carboxylic acid groups (broad SMARTS) is 1. The van der Waals surface area contributed by atoms with Gasteiger partial charge in [-0.2, -0.15) is 0 Å². The molecule has 4 heteroatoms. The molecule has 0 radical (unpaired) electrons. The van der Waals surface area contributed by atoms with E-state index in [1.54, 1.807) is 0 Å². The number of hydrogen-bond acceptors (Lipinski definition) is 2. The lowest BCUT2D eigenvalue weighted by Crippen LogP contribution is -2.42. The van der Waals surface area contributed by atoms with E-state index in [1.165, 1.54) is 32.1 Å². The van der Waals surface area contributed by atoms with E-state index in [2.05, 4.69) is 12.2 Å². The number of rotatable bonds is 13. The molecule has 0 fully saturated rings. The Kier molecular flexibility index (Phi) is 9.53. The summed E-state index contributed by atoms with van der Waals surface area (Å²) >= 11 is 0. The highest BCUT2D eigenvalue weighted by Gasteiger charge is 2.20. The van der Waals surface area contributed by atoms with E-state index in [4.69, 9.17) is 0 Å². The van der Waals surface area contributed by atoms with Crippen LogP contribution in [0, 0.1) is 0 Å². The maximum absolute atomic E-state index is 12.2. The van der Waals surface area contributed by atoms with E-state index in [9.17, 15) is 14.7 Å². The van der Waals surface area contributed by atoms with Gasteiger partial charge in [0.15, 0.2) is 0 Å². The SMILES string of the molecule is CCCCCCCCCCC(=O)NC(Cc1ccc2ccccc2c1)C(=O)O. The molecular weight excluding hydrogens is 350 g/mol. The van der Waals surface area contributed by atoms with Crippen LogP contribution >= 0.6 is 0 Å². The van der Waals surface area contributed by atoms with Crippen molar-refractivity contribution in [3.05, 3.63) is 48.0 Å². The number of carbonyl (C=O) groups excluding carboxylic acids is 1. The average molecular weight is 384 g/mol. The molecule has 0 heterocycles. The predicted molar refractivity (Wildman–Crippen MR) is 114 cm³/mol. The lowest BCUT2D eigenvalue weighted by molar-refractivity contribution is -0.141. The Morgan fingerprint density at radius 3 is 2.21 bits per heavy atom. The number of amides is 1. The molecule has 152 valence electrons. The van der Waals surface area contributed by atoms with Crippen LogP contribution in [0.25, 0.3) is 10.8 Å². The van der Waals surface area contributed by atoms with Gasteiger partial charge >= 0.3 is 5.97 Å². The van der Waals surface area contributed by atoms with E-state index >= 15 is 0 Å². The molecule has 0 aromatic heterocycles. The second-order valence-electron chi connectivity index (χ2n) is 7.57. The molecule has 0 bridgehead atoms. The Hall–Kier alpha value is -2.36. The summed E-state index contributed by atoms with van der Waals surface area (Å²) in [6.07, 6.45) is 10.0. The predicted octanol–water partition coefficient (Wildman–Crippen LogP) is 5.48. The monoisotopic (exact) mass is 383 g/mol. The largest absolute Gasteiger partial charge is 0.480 e. The van der Waals surface area contributed by atoms with Crippen LogP contribution in [0.15, 0.2) is 42.5 Å². The Morgan fingerprint density at radius 1 is 0.893 bits per heavy atom. The molecule has 1 atom stereocenters. The summed E-state index contributed by atoms with van der Waals surface area (Å²) in [6, 6.07) is 13.0. The lowest BCUT2D eigenvalue weighted by Gasteiger charge is -2.15. The number of fused-ring (bicyclic) bond motifs is 1. The first-order valence-electron chi connectivity index (χ1n) is 10.6. The Morgan fingerprint density at radius 2 is 1.54 bits per heavy atom. The number of nitrogens with one attached hydrogen (secondary N) is 1. The Bertz CT molecular complexity index is 756. The van der Waals surface area contributed by atoms with Gasteiger partial charge < -0.3 is 10.4 Å². The van der Waals surface area contributed by atoms with Gasteiger partial charge in [-0.15, -0.1) is 0 Å². The van der Waals surface area contributed by atoms with Gasteiger partial charge in [0.25, 0.3) is 0 Å². The lowest BCUT2D eigenvalue weighted by atomic mass is 10.0. The summed E-state index contributed by atoms with van der Waals surface area (Å²) in [6.45, 7) is 2.21. The summed E-state index contributed by atoms with van der Waals surface area (Å²) in [5, 5.41) is 14.4. The topological polar surface area (TPSA) is 66.4 Å². The maximum atomic E-state index is 12.2. The average Bonchev–Trinajstić information content (AvgIpc) is 2.69. The van der Waals surface area contributed by atoms with Crippen molar-refractivity contribution in [3.63, 3.8) is 0 Å². The van der Waals surface area contributed by atoms with Crippen molar-refractivity contribution in [2.45, 2.75) is 77.2 Å². The van der Waals surface area contributed by atoms with Gasteiger partial charge in [0.2, 0.25) is 5.91 Å². The third-order valence-electron chi connectivity index (χ3n) is 5.14. The van der Waals surface area contributed by atoms with Crippen LogP contribution in [0.3, 0.4) is 0 Å². The van der Waals surface area contributed by atoms with Crippen LogP contribution in [0.4, 0.5) is 0 Å². The molecule has 1 amide bonds. The minimum atomic E-state index is -0.988. The number of carbonyl (C=O) groups is 2. The fourth-order valence-corrected chi connectivity index (χ4v) is 3.49. The molecule has 4 nitrogen and oxygen atoms in total. The van der Waals surface area contributed by atoms with Gasteiger partial charge in [-0.05, 0) is 22.8 Å². The fourth-order valence-electron chi connectivity index (χ4n) is 3.49. The van der Waals surface area contributed by atoms with Gasteiger partial charge in [-0.3, -0.25) is 4.79 Å². The van der Waals surface area contributed by atoms with Crippen LogP contribution in [-0.2, 0) is 16.0 Å². The number of aliphatic carboxylic acids is 1. The van der Waals surface area contributed by atoms with Gasteiger partial charge in [-0.1, -0.05) is 94.3 Å². The van der Waals surface area contributed by atoms with Crippen LogP contribution in [0.5, 0.6) is 0 Å². The highest BCUT2D eigenvalue weighted by atomic mass is 16.4. The van der Waals surface area contributed by atoms with Crippen LogP contribution in [-0.4, -0.2) is 23.0 Å². The van der Waals surface area contributed by atoms with E-state index in [0.29, 0.717) is 12.8 Å². The molecule has 2 aromatic carbocycles. The molecule has 0 saturated carbocycles. The van der Waals surface area contributed by atoms with Crippen molar-refractivity contribution in [2.24, 2.45) is 0 Å². The minimum absolute atomic E-state index is 0.167. The van der Waals surface area contributed by atoms with Crippen LogP contribution < -0.4 is 5.32 Å². The van der Waals surface area contributed by atoms with Crippen LogP contribution in [0.1, 0.15) is 70.3 Å². The molecular formula is C24H33NO3. The zero-order chi connectivity index (χ0) is 20.2. The second kappa shape index (κ2) is 12.2. The van der Waals surface area contributed by atoms with Crippen LogP contribution in [0.2, 0.25) is 0 Å². The van der Waals surface area contributed by atoms with Gasteiger partial charge in [0.05, 0.1) is 0 Å². The molecule has 0 saturated heterocycles. The molecule has 0 aliphatic carbocycles. The molecule has 0 spiro atoms. The van der Waals surface area contributed by atoms with Crippen molar-refractivity contribution >= 4 is 22.6 Å². The zero-order valence-electron chi connectivity index (χ0n) is 17.0. The third kappa shape index (κ3) is 7.71. The van der Waals surface area contributed by atoms with Crippen molar-refractivity contribution in [1.29, 1.82) is 0 Å². The highest BCUT2D eigenvalue weighted by molar-refractivity contribution is 5.85. The van der Waals surface area contributed by atoms with E-state index < -0.39 is 12.0 Å². The molecule has 2 aromatic rings. The van der Waals surface area contributed by atoms with E-state index in [-0.39, 0.29) is 5.91 Å². The summed E-state index contributed by atoms with van der Waals surface area (Å²) in [5.41, 5.74) is 0.915. The van der Waals surface area contributed by atoms with Crippen molar-refractivity contribution in [3.8, 4) is 0 Å². The standard InChI is InChI=1S/C24H33NO3/c1-2-3-4-5-6-7-8-9-14-23(26)25-22(24(27)28)18-19-15-16-20-12-10-11-13-21(20)17-19/h10-13,15-17,22H,2-9,14,18H2,1H3,(H,25,26)(H,27,28). The summed E-state index contributed by atoms with van der Waals surface area (Å²) in [7, 11) is 0. The maximum Gasteiger partial charge on any atom is 0.326 e. The quantitative estimate of drug-likeness (QED) is 0.450. The summed E-state index contributed by atoms with van der Waals surface area (Å²) in [5.74, 6) is -1.16.